The van der Waals surface area contributed by atoms with Gasteiger partial charge in [-0.3, -0.25) is 45.2 Å². The van der Waals surface area contributed by atoms with Gasteiger partial charge in [0.2, 0.25) is 5.75 Å². The number of barbiturate groups is 1. The van der Waals surface area contributed by atoms with Gasteiger partial charge in [0.1, 0.15) is 5.57 Å². The zero-order valence-corrected chi connectivity index (χ0v) is 21.9. The van der Waals surface area contributed by atoms with Gasteiger partial charge < -0.3 is 9.47 Å². The molecule has 42 heavy (non-hydrogen) atoms. The molecule has 1 fully saturated rings. The number of rotatable bonds is 9. The Labute approximate surface area is 239 Å². The Bertz CT molecular complexity index is 1720. The van der Waals surface area contributed by atoms with Gasteiger partial charge in [-0.1, -0.05) is 17.7 Å². The van der Waals surface area contributed by atoms with Crippen LogP contribution >= 0.6 is 11.6 Å². The monoisotopic (exact) mass is 597 g/mol. The molecular formula is C25H16ClN5O11. The SMILES string of the molecule is CCOc1cc(/C=C2\C(=O)NC(=O)N(c3cccc([N+](=O)[O-])c3)C2=O)cc(Cl)c1Oc1ccc([N+](=O)[O-])cc1[N+](=O)[O-]. The van der Waals surface area contributed by atoms with Crippen LogP contribution in [-0.4, -0.2) is 39.2 Å². The lowest BCUT2D eigenvalue weighted by molar-refractivity contribution is -0.394. The van der Waals surface area contributed by atoms with E-state index in [4.69, 9.17) is 21.1 Å². The highest BCUT2D eigenvalue weighted by Gasteiger charge is 2.37. The summed E-state index contributed by atoms with van der Waals surface area (Å²) in [5, 5.41) is 35.5. The summed E-state index contributed by atoms with van der Waals surface area (Å²) >= 11 is 6.39. The molecule has 3 aromatic rings. The molecule has 3 aromatic carbocycles. The Balaban J connectivity index is 1.74. The second-order valence-corrected chi connectivity index (χ2v) is 8.67. The zero-order valence-electron chi connectivity index (χ0n) is 21.1. The number of amides is 4. The van der Waals surface area contributed by atoms with E-state index < -0.39 is 55.3 Å². The molecule has 1 saturated heterocycles. The number of nitrogens with one attached hydrogen (secondary N) is 1. The van der Waals surface area contributed by atoms with Crippen LogP contribution in [0.1, 0.15) is 12.5 Å². The molecule has 1 heterocycles. The molecule has 0 aliphatic carbocycles. The molecule has 0 saturated carbocycles. The van der Waals surface area contributed by atoms with E-state index in [0.717, 1.165) is 30.3 Å². The summed E-state index contributed by atoms with van der Waals surface area (Å²) in [6.07, 6.45) is 1.08. The number of carbonyl (C=O) groups is 3. The summed E-state index contributed by atoms with van der Waals surface area (Å²) in [6.45, 7) is 1.67. The molecule has 0 radical (unpaired) electrons. The van der Waals surface area contributed by atoms with Crippen molar-refractivity contribution in [3.05, 3.63) is 101 Å². The molecule has 1 aliphatic rings. The van der Waals surface area contributed by atoms with Gasteiger partial charge in [0.15, 0.2) is 11.5 Å². The molecular weight excluding hydrogens is 582 g/mol. The van der Waals surface area contributed by atoms with Gasteiger partial charge in [0, 0.05) is 18.2 Å². The lowest BCUT2D eigenvalue weighted by Gasteiger charge is -2.26. The number of imide groups is 2. The van der Waals surface area contributed by atoms with Gasteiger partial charge >= 0.3 is 11.7 Å². The third-order valence-corrected chi connectivity index (χ3v) is 5.89. The van der Waals surface area contributed by atoms with E-state index in [2.05, 4.69) is 0 Å². The fraction of sp³-hybridized carbons (Fsp3) is 0.0800. The number of nitro benzene ring substituents is 3. The quantitative estimate of drug-likeness (QED) is 0.151. The third kappa shape index (κ3) is 5.82. The van der Waals surface area contributed by atoms with Crippen molar-refractivity contribution in [1.82, 2.24) is 5.32 Å². The first-order valence-corrected chi connectivity index (χ1v) is 12.0. The topological polar surface area (TPSA) is 214 Å². The molecule has 1 N–H and O–H groups in total. The van der Waals surface area contributed by atoms with Gasteiger partial charge in [0.05, 0.1) is 38.2 Å². The lowest BCUT2D eigenvalue weighted by Crippen LogP contribution is -2.54. The van der Waals surface area contributed by atoms with Crippen molar-refractivity contribution in [3.8, 4) is 17.2 Å². The molecule has 17 heteroatoms. The average Bonchev–Trinajstić information content (AvgIpc) is 2.93. The molecule has 0 atom stereocenters. The minimum atomic E-state index is -1.12. The summed E-state index contributed by atoms with van der Waals surface area (Å²) in [5.41, 5.74) is -2.23. The highest BCUT2D eigenvalue weighted by Crippen LogP contribution is 2.43. The van der Waals surface area contributed by atoms with Crippen LogP contribution in [0.3, 0.4) is 0 Å². The van der Waals surface area contributed by atoms with E-state index >= 15 is 0 Å². The summed E-state index contributed by atoms with van der Waals surface area (Å²) in [5.74, 6) is -2.79. The fourth-order valence-corrected chi connectivity index (χ4v) is 4.05. The maximum Gasteiger partial charge on any atom is 0.335 e. The Morgan fingerprint density at radius 3 is 2.24 bits per heavy atom. The molecule has 0 bridgehead atoms. The van der Waals surface area contributed by atoms with E-state index in [-0.39, 0.29) is 40.1 Å². The number of benzene rings is 3. The Morgan fingerprint density at radius 1 is 0.905 bits per heavy atom. The number of ether oxygens (including phenoxy) is 2. The molecule has 0 spiro atoms. The minimum absolute atomic E-state index is 0.0591. The molecule has 0 aromatic heterocycles. The smallest absolute Gasteiger partial charge is 0.335 e. The van der Waals surface area contributed by atoms with Gasteiger partial charge in [-0.05, 0) is 42.8 Å². The molecule has 214 valence electrons. The standard InChI is InChI=1S/C25H16ClN5O11/c1-2-41-21-10-13(9-18(26)22(21)42-20-7-6-16(30(37)38)12-19(20)31(39)40)8-17-23(32)27-25(34)28(24(17)33)14-4-3-5-15(11-14)29(35)36/h3-12H,2H2,1H3,(H,27,32,34)/b17-8+. The minimum Gasteiger partial charge on any atom is -0.490 e. The summed E-state index contributed by atoms with van der Waals surface area (Å²) in [6, 6.07) is 8.81. The maximum absolute atomic E-state index is 13.2. The summed E-state index contributed by atoms with van der Waals surface area (Å²) < 4.78 is 11.2. The lowest BCUT2D eigenvalue weighted by atomic mass is 10.1. The van der Waals surface area contributed by atoms with Crippen LogP contribution in [0, 0.1) is 30.3 Å². The molecule has 4 amide bonds. The van der Waals surface area contributed by atoms with E-state index in [0.29, 0.717) is 11.0 Å². The molecule has 16 nitrogen and oxygen atoms in total. The number of anilines is 1. The zero-order chi connectivity index (χ0) is 30.7. The van der Waals surface area contributed by atoms with E-state index in [1.165, 1.54) is 24.3 Å². The second-order valence-electron chi connectivity index (χ2n) is 8.27. The first kappa shape index (κ1) is 29.1. The summed E-state index contributed by atoms with van der Waals surface area (Å²) in [7, 11) is 0. The second kappa shape index (κ2) is 11.7. The van der Waals surface area contributed by atoms with Crippen molar-refractivity contribution in [3.63, 3.8) is 0 Å². The van der Waals surface area contributed by atoms with Crippen LogP contribution in [-0.2, 0) is 9.59 Å². The van der Waals surface area contributed by atoms with Gasteiger partial charge in [-0.25, -0.2) is 9.69 Å². The number of hydrogen-bond acceptors (Lipinski definition) is 11. The van der Waals surface area contributed by atoms with Crippen molar-refractivity contribution >= 4 is 58.3 Å². The van der Waals surface area contributed by atoms with Crippen molar-refractivity contribution in [2.24, 2.45) is 0 Å². The van der Waals surface area contributed by atoms with Crippen LogP contribution in [0.2, 0.25) is 5.02 Å². The van der Waals surface area contributed by atoms with Crippen molar-refractivity contribution < 1.29 is 38.6 Å². The first-order chi connectivity index (χ1) is 19.9. The number of nitro groups is 3. The Morgan fingerprint density at radius 2 is 1.60 bits per heavy atom. The largest absolute Gasteiger partial charge is 0.490 e. The Kier molecular flexibility index (Phi) is 8.09. The third-order valence-electron chi connectivity index (χ3n) is 5.61. The van der Waals surface area contributed by atoms with Crippen LogP contribution in [0.4, 0.5) is 27.5 Å². The van der Waals surface area contributed by atoms with Crippen LogP contribution < -0.4 is 19.7 Å². The highest BCUT2D eigenvalue weighted by molar-refractivity contribution is 6.39. The molecule has 0 unspecified atom stereocenters. The van der Waals surface area contributed by atoms with Gasteiger partial charge in [-0.2, -0.15) is 0 Å². The van der Waals surface area contributed by atoms with Gasteiger partial charge in [0.25, 0.3) is 23.2 Å². The predicted octanol–water partition coefficient (Wildman–Crippen LogP) is 4.92. The Hall–Kier alpha value is -5.90. The van der Waals surface area contributed by atoms with Crippen LogP contribution in [0.5, 0.6) is 17.2 Å². The fourth-order valence-electron chi connectivity index (χ4n) is 3.80. The van der Waals surface area contributed by atoms with Crippen molar-refractivity contribution in [2.45, 2.75) is 6.92 Å². The molecule has 4 rings (SSSR count). The maximum atomic E-state index is 13.2. The van der Waals surface area contributed by atoms with Crippen LogP contribution in [0.15, 0.2) is 60.2 Å². The number of hydrogen-bond donors (Lipinski definition) is 1. The average molecular weight is 598 g/mol. The number of urea groups is 1. The highest BCUT2D eigenvalue weighted by atomic mass is 35.5. The van der Waals surface area contributed by atoms with E-state index in [1.807, 2.05) is 5.32 Å². The normalized spacial score (nSPS) is 14.0. The van der Waals surface area contributed by atoms with Crippen molar-refractivity contribution in [2.75, 3.05) is 11.5 Å². The number of halogens is 1. The first-order valence-electron chi connectivity index (χ1n) is 11.6. The number of carbonyl (C=O) groups excluding carboxylic acids is 3. The van der Waals surface area contributed by atoms with Crippen LogP contribution in [0.25, 0.3) is 6.08 Å². The van der Waals surface area contributed by atoms with E-state index in [1.54, 1.807) is 6.92 Å². The summed E-state index contributed by atoms with van der Waals surface area (Å²) in [4.78, 5) is 70.1. The van der Waals surface area contributed by atoms with Gasteiger partial charge in [-0.15, -0.1) is 0 Å². The van der Waals surface area contributed by atoms with Crippen molar-refractivity contribution in [1.29, 1.82) is 0 Å². The van der Waals surface area contributed by atoms with E-state index in [9.17, 15) is 44.7 Å². The number of non-ortho nitro benzene ring substituents is 2. The number of nitrogens with zero attached hydrogens (tertiary/aromatic N) is 4. The predicted molar refractivity (Wildman–Crippen MR) is 145 cm³/mol. The molecule has 1 aliphatic heterocycles.